The summed E-state index contributed by atoms with van der Waals surface area (Å²) in [5.74, 6) is 1.15. The summed E-state index contributed by atoms with van der Waals surface area (Å²) in [6, 6.07) is 11.5. The van der Waals surface area contributed by atoms with E-state index < -0.39 is 0 Å². The lowest BCUT2D eigenvalue weighted by atomic mass is 10.2. The van der Waals surface area contributed by atoms with Gasteiger partial charge in [-0.25, -0.2) is 4.98 Å². The molecule has 1 saturated heterocycles. The largest absolute Gasteiger partial charge is 0.289 e. The van der Waals surface area contributed by atoms with Crippen LogP contribution in [0.5, 0.6) is 0 Å². The summed E-state index contributed by atoms with van der Waals surface area (Å²) >= 11 is 12.0. The van der Waals surface area contributed by atoms with E-state index in [-0.39, 0.29) is 0 Å². The van der Waals surface area contributed by atoms with Crippen molar-refractivity contribution in [2.75, 3.05) is 31.1 Å². The number of hydrogen-bond acceptors (Lipinski definition) is 3. The number of H-pyrrole nitrogens is 1. The lowest BCUT2D eigenvalue weighted by molar-refractivity contribution is -0.364. The Kier molecular flexibility index (Phi) is 4.80. The molecular weight excluding hydrogens is 319 g/mol. The maximum atomic E-state index is 6.14. The van der Waals surface area contributed by atoms with E-state index in [0.717, 1.165) is 37.6 Å². The molecule has 1 aromatic carbocycles. The fourth-order valence-corrected chi connectivity index (χ4v) is 2.84. The number of aromatic nitrogens is 1. The molecule has 114 valence electrons. The van der Waals surface area contributed by atoms with Crippen molar-refractivity contribution in [1.29, 1.82) is 0 Å². The van der Waals surface area contributed by atoms with E-state index in [1.54, 1.807) is 12.3 Å². The predicted molar refractivity (Wildman–Crippen MR) is 90.8 cm³/mol. The summed E-state index contributed by atoms with van der Waals surface area (Å²) in [5, 5.41) is 7.83. The van der Waals surface area contributed by atoms with Crippen LogP contribution in [0.15, 0.2) is 47.7 Å². The number of hydrogen-bond donors (Lipinski definition) is 0. The van der Waals surface area contributed by atoms with Gasteiger partial charge in [0.2, 0.25) is 0 Å². The Bertz CT molecular complexity index is 652. The molecule has 6 heteroatoms. The Labute approximate surface area is 140 Å². The van der Waals surface area contributed by atoms with Gasteiger partial charge in [-0.3, -0.25) is 9.91 Å². The normalized spacial score (nSPS) is 15.5. The van der Waals surface area contributed by atoms with Crippen molar-refractivity contribution >= 4 is 35.2 Å². The van der Waals surface area contributed by atoms with Crippen molar-refractivity contribution in [3.63, 3.8) is 0 Å². The molecule has 0 bridgehead atoms. The minimum Gasteiger partial charge on any atom is -0.289 e. The molecule has 0 unspecified atom stereocenters. The molecule has 1 fully saturated rings. The van der Waals surface area contributed by atoms with E-state index in [4.69, 9.17) is 23.2 Å². The first-order valence-corrected chi connectivity index (χ1v) is 7.93. The molecule has 0 atom stereocenters. The zero-order valence-corrected chi connectivity index (χ0v) is 13.6. The quantitative estimate of drug-likeness (QED) is 0.808. The number of nitrogens with one attached hydrogen (secondary N) is 1. The highest BCUT2D eigenvalue weighted by atomic mass is 35.5. The van der Waals surface area contributed by atoms with E-state index in [0.29, 0.717) is 10.0 Å². The van der Waals surface area contributed by atoms with Crippen molar-refractivity contribution in [1.82, 2.24) is 5.01 Å². The maximum Gasteiger partial charge on any atom is 0.274 e. The molecule has 4 nitrogen and oxygen atoms in total. The lowest BCUT2D eigenvalue weighted by Gasteiger charge is -2.28. The third-order valence-electron chi connectivity index (χ3n) is 3.61. The van der Waals surface area contributed by atoms with Gasteiger partial charge in [-0.15, -0.1) is 0 Å². The fraction of sp³-hybridized carbons (Fsp3) is 0.250. The zero-order valence-electron chi connectivity index (χ0n) is 12.0. The maximum absolute atomic E-state index is 6.14. The molecular formula is C16H17Cl2N4+. The number of benzene rings is 1. The minimum atomic E-state index is 0.619. The van der Waals surface area contributed by atoms with Crippen molar-refractivity contribution in [3.8, 4) is 0 Å². The lowest BCUT2D eigenvalue weighted by Crippen LogP contribution is -2.45. The van der Waals surface area contributed by atoms with Gasteiger partial charge in [-0.2, -0.15) is 5.10 Å². The summed E-state index contributed by atoms with van der Waals surface area (Å²) in [6.07, 6.45) is 3.74. The standard InChI is InChI=1S/C16H16Cl2N4/c17-14-5-4-13(15(18)11-14)12-20-22-9-7-21(8-10-22)16-3-1-2-6-19-16/h1-6,11-12H,7-10H2/p+1/b20-12-. The average Bonchev–Trinajstić information content (AvgIpc) is 2.55. The van der Waals surface area contributed by atoms with Crippen molar-refractivity contribution in [2.45, 2.75) is 0 Å². The summed E-state index contributed by atoms with van der Waals surface area (Å²) in [4.78, 5) is 5.58. The Morgan fingerprint density at radius 3 is 2.55 bits per heavy atom. The van der Waals surface area contributed by atoms with Gasteiger partial charge in [0.05, 0.1) is 30.5 Å². The summed E-state index contributed by atoms with van der Waals surface area (Å²) in [5.41, 5.74) is 0.880. The van der Waals surface area contributed by atoms with Crippen molar-refractivity contribution < 1.29 is 4.98 Å². The number of piperazine rings is 1. The third-order valence-corrected chi connectivity index (χ3v) is 4.17. The number of aromatic amines is 1. The van der Waals surface area contributed by atoms with Gasteiger partial charge in [0, 0.05) is 16.7 Å². The van der Waals surface area contributed by atoms with Crippen molar-refractivity contribution in [2.24, 2.45) is 5.10 Å². The van der Waals surface area contributed by atoms with Crippen LogP contribution in [0.2, 0.25) is 10.0 Å². The van der Waals surface area contributed by atoms with E-state index in [2.05, 4.69) is 26.1 Å². The van der Waals surface area contributed by atoms with E-state index >= 15 is 0 Å². The van der Waals surface area contributed by atoms with Crippen LogP contribution < -0.4 is 9.88 Å². The van der Waals surface area contributed by atoms with Gasteiger partial charge in [0.15, 0.2) is 0 Å². The SMILES string of the molecule is Clc1ccc(/C=N\N2CCN(c3cccc[nH+]3)CC2)c(Cl)c1. The molecule has 22 heavy (non-hydrogen) atoms. The monoisotopic (exact) mass is 335 g/mol. The molecule has 1 N–H and O–H groups in total. The molecule has 2 heterocycles. The Morgan fingerprint density at radius 1 is 1.05 bits per heavy atom. The molecule has 0 amide bonds. The highest BCUT2D eigenvalue weighted by Crippen LogP contribution is 2.19. The van der Waals surface area contributed by atoms with E-state index in [1.807, 2.05) is 30.5 Å². The highest BCUT2D eigenvalue weighted by molar-refractivity contribution is 6.36. The second-order valence-electron chi connectivity index (χ2n) is 5.10. The van der Waals surface area contributed by atoms with Crippen LogP contribution >= 0.6 is 23.2 Å². The molecule has 0 aliphatic carbocycles. The smallest absolute Gasteiger partial charge is 0.274 e. The van der Waals surface area contributed by atoms with Crippen LogP contribution in [0, 0.1) is 0 Å². The Morgan fingerprint density at radius 2 is 1.86 bits per heavy atom. The van der Waals surface area contributed by atoms with Gasteiger partial charge < -0.3 is 0 Å². The Balaban J connectivity index is 1.59. The van der Waals surface area contributed by atoms with Crippen LogP contribution in [0.4, 0.5) is 5.82 Å². The van der Waals surface area contributed by atoms with Gasteiger partial charge in [0.25, 0.3) is 5.82 Å². The van der Waals surface area contributed by atoms with Gasteiger partial charge in [0.1, 0.15) is 13.1 Å². The summed E-state index contributed by atoms with van der Waals surface area (Å²) < 4.78 is 0. The molecule has 0 saturated carbocycles. The number of pyridine rings is 1. The molecule has 1 aromatic heterocycles. The third kappa shape index (κ3) is 3.70. The topological polar surface area (TPSA) is 33.0 Å². The van der Waals surface area contributed by atoms with Gasteiger partial charge >= 0.3 is 0 Å². The second kappa shape index (κ2) is 6.99. The first kappa shape index (κ1) is 15.1. The first-order valence-electron chi connectivity index (χ1n) is 7.18. The van der Waals surface area contributed by atoms with Crippen LogP contribution in [-0.2, 0) is 0 Å². The predicted octanol–water partition coefficient (Wildman–Crippen LogP) is 2.96. The number of anilines is 1. The number of rotatable bonds is 3. The highest BCUT2D eigenvalue weighted by Gasteiger charge is 2.21. The summed E-state index contributed by atoms with van der Waals surface area (Å²) in [6.45, 7) is 3.63. The minimum absolute atomic E-state index is 0.619. The zero-order chi connectivity index (χ0) is 15.4. The molecule has 2 aromatic rings. The van der Waals surface area contributed by atoms with Gasteiger partial charge in [-0.05, 0) is 18.2 Å². The Hall–Kier alpha value is -1.78. The molecule has 0 spiro atoms. The first-order chi connectivity index (χ1) is 10.7. The van der Waals surface area contributed by atoms with Crippen LogP contribution in [0.25, 0.3) is 0 Å². The molecule has 0 radical (unpaired) electrons. The van der Waals surface area contributed by atoms with Crippen LogP contribution in [-0.4, -0.2) is 37.4 Å². The number of halogens is 2. The second-order valence-corrected chi connectivity index (χ2v) is 5.94. The number of nitrogens with zero attached hydrogens (tertiary/aromatic N) is 3. The molecule has 1 aliphatic rings. The fourth-order valence-electron chi connectivity index (χ4n) is 2.38. The number of hydrazone groups is 1. The van der Waals surface area contributed by atoms with E-state index in [9.17, 15) is 0 Å². The van der Waals surface area contributed by atoms with Crippen molar-refractivity contribution in [3.05, 3.63) is 58.2 Å². The van der Waals surface area contributed by atoms with Crippen LogP contribution in [0.3, 0.4) is 0 Å². The van der Waals surface area contributed by atoms with Gasteiger partial charge in [-0.1, -0.05) is 35.3 Å². The van der Waals surface area contributed by atoms with E-state index in [1.165, 1.54) is 0 Å². The molecule has 3 rings (SSSR count). The molecule has 1 aliphatic heterocycles. The summed E-state index contributed by atoms with van der Waals surface area (Å²) in [7, 11) is 0. The van der Waals surface area contributed by atoms with Crippen LogP contribution in [0.1, 0.15) is 5.56 Å². The average molecular weight is 336 g/mol.